The number of anilines is 1. The summed E-state index contributed by atoms with van der Waals surface area (Å²) in [6, 6.07) is 26.8. The Kier molecular flexibility index (Phi) is 5.53. The summed E-state index contributed by atoms with van der Waals surface area (Å²) < 4.78 is 5.94. The Bertz CT molecular complexity index is 1160. The van der Waals surface area contributed by atoms with Crippen LogP contribution in [0.15, 0.2) is 78.9 Å². The van der Waals surface area contributed by atoms with Gasteiger partial charge in [0.05, 0.1) is 5.52 Å². The fourth-order valence-corrected chi connectivity index (χ4v) is 4.41. The van der Waals surface area contributed by atoms with Crippen LogP contribution in [0.4, 0.5) is 5.82 Å². The summed E-state index contributed by atoms with van der Waals surface area (Å²) in [5.74, 6) is 3.46. The molecule has 31 heavy (non-hydrogen) atoms. The highest BCUT2D eigenvalue weighted by Gasteiger charge is 2.24. The molecule has 1 saturated heterocycles. The molecule has 0 aliphatic carbocycles. The van der Waals surface area contributed by atoms with Crippen molar-refractivity contribution in [3.63, 3.8) is 0 Å². The van der Waals surface area contributed by atoms with Gasteiger partial charge in [-0.3, -0.25) is 0 Å². The van der Waals surface area contributed by atoms with Crippen molar-refractivity contribution in [2.75, 3.05) is 11.4 Å². The summed E-state index contributed by atoms with van der Waals surface area (Å²) in [6.45, 7) is 3.33. The van der Waals surface area contributed by atoms with Gasteiger partial charge in [-0.2, -0.15) is 0 Å². The fraction of sp³-hybridized carbons (Fsp3) is 0.259. The van der Waals surface area contributed by atoms with Crippen molar-refractivity contribution in [3.8, 4) is 22.9 Å². The van der Waals surface area contributed by atoms with E-state index in [9.17, 15) is 0 Å². The number of hydrogen-bond donors (Lipinski definition) is 0. The zero-order valence-electron chi connectivity index (χ0n) is 17.9. The van der Waals surface area contributed by atoms with Crippen LogP contribution in [-0.2, 0) is 0 Å². The Labute approximate surface area is 183 Å². The second-order valence-corrected chi connectivity index (χ2v) is 8.08. The highest BCUT2D eigenvalue weighted by atomic mass is 16.5. The number of nitrogens with zero attached hydrogens (tertiary/aromatic N) is 3. The summed E-state index contributed by atoms with van der Waals surface area (Å²) in [5.41, 5.74) is 1.99. The molecule has 4 aromatic rings. The van der Waals surface area contributed by atoms with Crippen molar-refractivity contribution in [1.82, 2.24) is 9.97 Å². The Balaban J connectivity index is 1.51. The van der Waals surface area contributed by atoms with Crippen molar-refractivity contribution in [2.24, 2.45) is 0 Å². The molecule has 1 aromatic heterocycles. The fourth-order valence-electron chi connectivity index (χ4n) is 4.41. The Morgan fingerprint density at radius 1 is 0.839 bits per heavy atom. The SMILES string of the molecule is CCC1CCCCN1c1nc(-c2ccc(Oc3ccccc3)cc2)nc2ccccc12. The Morgan fingerprint density at radius 3 is 2.39 bits per heavy atom. The predicted molar refractivity (Wildman–Crippen MR) is 127 cm³/mol. The molecule has 0 bridgehead atoms. The average Bonchev–Trinajstić information content (AvgIpc) is 2.84. The van der Waals surface area contributed by atoms with Crippen molar-refractivity contribution in [3.05, 3.63) is 78.9 Å². The van der Waals surface area contributed by atoms with E-state index in [4.69, 9.17) is 14.7 Å². The molecule has 0 N–H and O–H groups in total. The van der Waals surface area contributed by atoms with Crippen LogP contribution in [0.3, 0.4) is 0 Å². The van der Waals surface area contributed by atoms with E-state index in [0.717, 1.165) is 52.6 Å². The lowest BCUT2D eigenvalue weighted by atomic mass is 9.99. The number of hydrogen-bond acceptors (Lipinski definition) is 4. The van der Waals surface area contributed by atoms with Crippen LogP contribution in [0.2, 0.25) is 0 Å². The molecule has 2 heterocycles. The van der Waals surface area contributed by atoms with Crippen LogP contribution in [0, 0.1) is 0 Å². The quantitative estimate of drug-likeness (QED) is 0.361. The summed E-state index contributed by atoms with van der Waals surface area (Å²) in [6.07, 6.45) is 4.89. The minimum absolute atomic E-state index is 0.543. The molecular formula is C27H27N3O. The number of fused-ring (bicyclic) bond motifs is 1. The van der Waals surface area contributed by atoms with E-state index < -0.39 is 0 Å². The van der Waals surface area contributed by atoms with Crippen molar-refractivity contribution < 1.29 is 4.74 Å². The Morgan fingerprint density at radius 2 is 1.58 bits per heavy atom. The van der Waals surface area contributed by atoms with Crippen LogP contribution < -0.4 is 9.64 Å². The maximum Gasteiger partial charge on any atom is 0.162 e. The maximum atomic E-state index is 5.94. The minimum atomic E-state index is 0.543. The van der Waals surface area contributed by atoms with E-state index in [1.165, 1.54) is 19.3 Å². The third-order valence-electron chi connectivity index (χ3n) is 6.04. The van der Waals surface area contributed by atoms with E-state index in [1.807, 2.05) is 60.7 Å². The van der Waals surface area contributed by atoms with Crippen molar-refractivity contribution >= 4 is 16.7 Å². The normalized spacial score (nSPS) is 16.4. The van der Waals surface area contributed by atoms with Crippen LogP contribution in [0.5, 0.6) is 11.5 Å². The summed E-state index contributed by atoms with van der Waals surface area (Å²) in [7, 11) is 0. The van der Waals surface area contributed by atoms with Crippen molar-refractivity contribution in [2.45, 2.75) is 38.6 Å². The molecule has 0 spiro atoms. The third-order valence-corrected chi connectivity index (χ3v) is 6.04. The van der Waals surface area contributed by atoms with E-state index in [-0.39, 0.29) is 0 Å². The van der Waals surface area contributed by atoms with Gasteiger partial charge in [-0.15, -0.1) is 0 Å². The lowest BCUT2D eigenvalue weighted by molar-refractivity contribution is 0.448. The average molecular weight is 410 g/mol. The molecule has 0 saturated carbocycles. The smallest absolute Gasteiger partial charge is 0.162 e. The van der Waals surface area contributed by atoms with E-state index in [1.54, 1.807) is 0 Å². The van der Waals surface area contributed by atoms with Gasteiger partial charge < -0.3 is 9.64 Å². The Hall–Kier alpha value is -3.40. The molecule has 1 aliphatic heterocycles. The number of benzene rings is 3. The summed E-state index contributed by atoms with van der Waals surface area (Å²) in [5, 5.41) is 1.13. The van der Waals surface area contributed by atoms with Gasteiger partial charge in [0.15, 0.2) is 5.82 Å². The first-order chi connectivity index (χ1) is 15.3. The van der Waals surface area contributed by atoms with Crippen LogP contribution in [-0.4, -0.2) is 22.6 Å². The molecular weight excluding hydrogens is 382 g/mol. The largest absolute Gasteiger partial charge is 0.457 e. The van der Waals surface area contributed by atoms with Gasteiger partial charge in [-0.25, -0.2) is 9.97 Å². The van der Waals surface area contributed by atoms with Gasteiger partial charge >= 0.3 is 0 Å². The molecule has 5 rings (SSSR count). The molecule has 156 valence electrons. The van der Waals surface area contributed by atoms with Crippen LogP contribution in [0.25, 0.3) is 22.3 Å². The molecule has 1 unspecified atom stereocenters. The first kappa shape index (κ1) is 19.6. The number of rotatable bonds is 5. The monoisotopic (exact) mass is 409 g/mol. The molecule has 3 aromatic carbocycles. The standard InChI is InChI=1S/C27H27N3O/c1-2-21-10-8-9-19-30(21)27-24-13-6-7-14-25(24)28-26(29-27)20-15-17-23(18-16-20)31-22-11-4-3-5-12-22/h3-7,11-18,21H,2,8-10,19H2,1H3. The second-order valence-electron chi connectivity index (χ2n) is 8.08. The van der Waals surface area contributed by atoms with Crippen LogP contribution >= 0.6 is 0 Å². The lowest BCUT2D eigenvalue weighted by Gasteiger charge is -2.37. The molecule has 1 aliphatic rings. The number of ether oxygens (including phenoxy) is 1. The van der Waals surface area contributed by atoms with Crippen LogP contribution in [0.1, 0.15) is 32.6 Å². The molecule has 0 amide bonds. The topological polar surface area (TPSA) is 38.2 Å². The highest BCUT2D eigenvalue weighted by molar-refractivity contribution is 5.91. The minimum Gasteiger partial charge on any atom is -0.457 e. The molecule has 1 atom stereocenters. The summed E-state index contributed by atoms with van der Waals surface area (Å²) in [4.78, 5) is 12.5. The second kappa shape index (κ2) is 8.76. The first-order valence-electron chi connectivity index (χ1n) is 11.2. The van der Waals surface area contributed by atoms with E-state index in [0.29, 0.717) is 6.04 Å². The predicted octanol–water partition coefficient (Wildman–Crippen LogP) is 6.86. The number of para-hydroxylation sites is 2. The number of piperidine rings is 1. The zero-order chi connectivity index (χ0) is 21.0. The van der Waals surface area contributed by atoms with Gasteiger partial charge in [-0.05, 0) is 74.2 Å². The number of aromatic nitrogens is 2. The van der Waals surface area contributed by atoms with E-state index >= 15 is 0 Å². The van der Waals surface area contributed by atoms with Gasteiger partial charge in [0.25, 0.3) is 0 Å². The molecule has 4 nitrogen and oxygen atoms in total. The summed E-state index contributed by atoms with van der Waals surface area (Å²) >= 11 is 0. The highest BCUT2D eigenvalue weighted by Crippen LogP contribution is 2.33. The third kappa shape index (κ3) is 4.11. The maximum absolute atomic E-state index is 5.94. The van der Waals surface area contributed by atoms with Gasteiger partial charge in [-0.1, -0.05) is 37.3 Å². The van der Waals surface area contributed by atoms with Gasteiger partial charge in [0.2, 0.25) is 0 Å². The van der Waals surface area contributed by atoms with Crippen molar-refractivity contribution in [1.29, 1.82) is 0 Å². The lowest BCUT2D eigenvalue weighted by Crippen LogP contribution is -2.39. The zero-order valence-corrected chi connectivity index (χ0v) is 17.9. The molecule has 4 heteroatoms. The van der Waals surface area contributed by atoms with Gasteiger partial charge in [0.1, 0.15) is 17.3 Å². The van der Waals surface area contributed by atoms with Gasteiger partial charge in [0, 0.05) is 23.5 Å². The van der Waals surface area contributed by atoms with E-state index in [2.05, 4.69) is 30.0 Å². The first-order valence-corrected chi connectivity index (χ1v) is 11.2. The molecule has 1 fully saturated rings. The molecule has 0 radical (unpaired) electrons.